The maximum absolute atomic E-state index is 13.0. The first-order chi connectivity index (χ1) is 8.04. The zero-order chi connectivity index (χ0) is 12.5. The molecule has 1 saturated heterocycles. The molecule has 0 spiro atoms. The summed E-state index contributed by atoms with van der Waals surface area (Å²) in [7, 11) is 0. The lowest BCUT2D eigenvalue weighted by Crippen LogP contribution is -2.43. The van der Waals surface area contributed by atoms with Gasteiger partial charge in [0.15, 0.2) is 0 Å². The summed E-state index contributed by atoms with van der Waals surface area (Å²) in [6.45, 7) is 4.00. The molecule has 1 aromatic carbocycles. The van der Waals surface area contributed by atoms with Gasteiger partial charge in [-0.15, -0.1) is 0 Å². The van der Waals surface area contributed by atoms with E-state index in [2.05, 4.69) is 12.2 Å². The minimum absolute atomic E-state index is 0.125. The first-order valence-electron chi connectivity index (χ1n) is 6.11. The van der Waals surface area contributed by atoms with Gasteiger partial charge in [0.25, 0.3) is 0 Å². The van der Waals surface area contributed by atoms with Crippen molar-refractivity contribution in [2.75, 3.05) is 0 Å². The van der Waals surface area contributed by atoms with Gasteiger partial charge in [-0.3, -0.25) is 4.79 Å². The van der Waals surface area contributed by atoms with Crippen LogP contribution < -0.4 is 5.32 Å². The molecule has 17 heavy (non-hydrogen) atoms. The minimum atomic E-state index is -0.202. The zero-order valence-corrected chi connectivity index (χ0v) is 10.3. The minimum Gasteiger partial charge on any atom is -0.350 e. The summed E-state index contributed by atoms with van der Waals surface area (Å²) in [5.41, 5.74) is 1.95. The number of aryl methyl sites for hydroxylation is 1. The monoisotopic (exact) mass is 235 g/mol. The van der Waals surface area contributed by atoms with Crippen LogP contribution in [0.2, 0.25) is 0 Å². The van der Waals surface area contributed by atoms with Gasteiger partial charge in [-0.1, -0.05) is 13.0 Å². The van der Waals surface area contributed by atoms with Gasteiger partial charge in [-0.05, 0) is 49.4 Å². The molecular weight excluding hydrogens is 217 g/mol. The summed E-state index contributed by atoms with van der Waals surface area (Å²) in [4.78, 5) is 11.4. The van der Waals surface area contributed by atoms with Crippen molar-refractivity contribution in [3.8, 4) is 0 Å². The summed E-state index contributed by atoms with van der Waals surface area (Å²) >= 11 is 0. The third-order valence-corrected chi connectivity index (χ3v) is 3.75. The zero-order valence-electron chi connectivity index (χ0n) is 10.3. The fourth-order valence-electron chi connectivity index (χ4n) is 2.52. The topological polar surface area (TPSA) is 29.1 Å². The molecular formula is C14H18FNO. The van der Waals surface area contributed by atoms with Crippen LogP contribution in [0.1, 0.15) is 37.3 Å². The molecule has 1 aromatic rings. The lowest BCUT2D eigenvalue weighted by molar-refractivity contribution is -0.119. The highest BCUT2D eigenvalue weighted by atomic mass is 19.1. The summed E-state index contributed by atoms with van der Waals surface area (Å²) in [5, 5.41) is 3.07. The third kappa shape index (κ3) is 2.48. The number of hydrogen-bond donors (Lipinski definition) is 1. The van der Waals surface area contributed by atoms with Gasteiger partial charge < -0.3 is 5.32 Å². The average molecular weight is 235 g/mol. The first kappa shape index (κ1) is 12.1. The van der Waals surface area contributed by atoms with Crippen molar-refractivity contribution >= 4 is 5.91 Å². The molecule has 1 fully saturated rings. The Hall–Kier alpha value is -1.38. The van der Waals surface area contributed by atoms with E-state index >= 15 is 0 Å². The Morgan fingerprint density at radius 1 is 1.47 bits per heavy atom. The number of carbonyl (C=O) groups is 1. The van der Waals surface area contributed by atoms with E-state index in [1.54, 1.807) is 6.07 Å². The largest absolute Gasteiger partial charge is 0.350 e. The van der Waals surface area contributed by atoms with Crippen LogP contribution in [0.3, 0.4) is 0 Å². The summed E-state index contributed by atoms with van der Waals surface area (Å²) in [6.07, 6.45) is 3.18. The molecule has 0 saturated carbocycles. The van der Waals surface area contributed by atoms with Gasteiger partial charge in [-0.25, -0.2) is 4.39 Å². The Bertz CT molecular complexity index is 444. The second-order valence-electron chi connectivity index (χ2n) is 4.93. The molecule has 1 unspecified atom stereocenters. The molecule has 1 aliphatic rings. The van der Waals surface area contributed by atoms with Crippen molar-refractivity contribution in [1.82, 2.24) is 5.32 Å². The van der Waals surface area contributed by atoms with E-state index in [1.165, 1.54) is 6.07 Å². The van der Waals surface area contributed by atoms with Crippen molar-refractivity contribution in [2.45, 2.75) is 45.1 Å². The fourth-order valence-corrected chi connectivity index (χ4v) is 2.52. The van der Waals surface area contributed by atoms with Gasteiger partial charge in [0.2, 0.25) is 5.91 Å². The van der Waals surface area contributed by atoms with Crippen molar-refractivity contribution in [2.24, 2.45) is 0 Å². The molecule has 1 aliphatic heterocycles. The Kier molecular flexibility index (Phi) is 3.18. The summed E-state index contributed by atoms with van der Waals surface area (Å²) < 4.78 is 13.0. The molecule has 0 aliphatic carbocycles. The summed E-state index contributed by atoms with van der Waals surface area (Å²) in [6, 6.07) is 4.87. The molecule has 1 atom stereocenters. The Morgan fingerprint density at radius 2 is 2.24 bits per heavy atom. The highest BCUT2D eigenvalue weighted by Gasteiger charge is 2.36. The Morgan fingerprint density at radius 3 is 2.76 bits per heavy atom. The molecule has 1 N–H and O–H groups in total. The maximum Gasteiger partial charge on any atom is 0.220 e. The molecule has 1 amide bonds. The van der Waals surface area contributed by atoms with Gasteiger partial charge in [0.1, 0.15) is 5.82 Å². The van der Waals surface area contributed by atoms with Crippen LogP contribution in [-0.2, 0) is 11.2 Å². The van der Waals surface area contributed by atoms with Gasteiger partial charge in [0, 0.05) is 12.0 Å². The van der Waals surface area contributed by atoms with Crippen molar-refractivity contribution < 1.29 is 9.18 Å². The average Bonchev–Trinajstić information content (AvgIpc) is 2.65. The predicted octanol–water partition coefficient (Wildman–Crippen LogP) is 2.74. The van der Waals surface area contributed by atoms with Gasteiger partial charge in [-0.2, -0.15) is 0 Å². The fraction of sp³-hybridized carbons (Fsp3) is 0.500. The van der Waals surface area contributed by atoms with Crippen molar-refractivity contribution in [3.05, 3.63) is 35.1 Å². The lowest BCUT2D eigenvalue weighted by atomic mass is 9.85. The number of halogens is 1. The van der Waals surface area contributed by atoms with Crippen LogP contribution in [0, 0.1) is 12.7 Å². The molecule has 3 heteroatoms. The number of amides is 1. The molecule has 1 heterocycles. The molecule has 0 aromatic heterocycles. The molecule has 2 rings (SSSR count). The quantitative estimate of drug-likeness (QED) is 0.857. The second-order valence-corrected chi connectivity index (χ2v) is 4.93. The van der Waals surface area contributed by atoms with Crippen LogP contribution >= 0.6 is 0 Å². The first-order valence-corrected chi connectivity index (χ1v) is 6.11. The van der Waals surface area contributed by atoms with E-state index in [0.717, 1.165) is 30.4 Å². The molecule has 2 nitrogen and oxygen atoms in total. The van der Waals surface area contributed by atoms with E-state index in [4.69, 9.17) is 0 Å². The summed E-state index contributed by atoms with van der Waals surface area (Å²) in [5.74, 6) is -0.0705. The highest BCUT2D eigenvalue weighted by Crippen LogP contribution is 2.29. The van der Waals surface area contributed by atoms with Crippen LogP contribution in [-0.4, -0.2) is 11.4 Å². The number of benzene rings is 1. The van der Waals surface area contributed by atoms with Gasteiger partial charge >= 0.3 is 0 Å². The van der Waals surface area contributed by atoms with Crippen molar-refractivity contribution in [1.29, 1.82) is 0 Å². The number of hydrogen-bond acceptors (Lipinski definition) is 1. The predicted molar refractivity (Wildman–Crippen MR) is 65.2 cm³/mol. The van der Waals surface area contributed by atoms with E-state index in [0.29, 0.717) is 6.42 Å². The van der Waals surface area contributed by atoms with Crippen LogP contribution in [0.5, 0.6) is 0 Å². The van der Waals surface area contributed by atoms with Crippen LogP contribution in [0.15, 0.2) is 18.2 Å². The van der Waals surface area contributed by atoms with Gasteiger partial charge in [0.05, 0.1) is 0 Å². The van der Waals surface area contributed by atoms with E-state index in [-0.39, 0.29) is 17.3 Å². The van der Waals surface area contributed by atoms with Crippen LogP contribution in [0.25, 0.3) is 0 Å². The standard InChI is InChI=1S/C14H18FNO/c1-3-14(7-6-13(17)16-14)9-11-4-5-12(15)8-10(11)2/h4-5,8H,3,6-7,9H2,1-2H3,(H,16,17). The molecule has 0 radical (unpaired) electrons. The normalized spacial score (nSPS) is 23.8. The van der Waals surface area contributed by atoms with E-state index < -0.39 is 0 Å². The van der Waals surface area contributed by atoms with E-state index in [9.17, 15) is 9.18 Å². The second kappa shape index (κ2) is 4.47. The SMILES string of the molecule is CCC1(Cc2ccc(F)cc2C)CCC(=O)N1. The third-order valence-electron chi connectivity index (χ3n) is 3.75. The Labute approximate surface area is 101 Å². The number of rotatable bonds is 3. The van der Waals surface area contributed by atoms with E-state index in [1.807, 2.05) is 13.0 Å². The Balaban J connectivity index is 2.21. The molecule has 92 valence electrons. The number of nitrogens with one attached hydrogen (secondary N) is 1. The highest BCUT2D eigenvalue weighted by molar-refractivity contribution is 5.79. The smallest absolute Gasteiger partial charge is 0.220 e. The van der Waals surface area contributed by atoms with Crippen LogP contribution in [0.4, 0.5) is 4.39 Å². The maximum atomic E-state index is 13.0. The van der Waals surface area contributed by atoms with Crippen molar-refractivity contribution in [3.63, 3.8) is 0 Å². The molecule has 0 bridgehead atoms. The lowest BCUT2D eigenvalue weighted by Gasteiger charge is -2.28. The number of carbonyl (C=O) groups excluding carboxylic acids is 1.